The minimum Gasteiger partial charge on any atom is -0.389 e. The van der Waals surface area contributed by atoms with Crippen molar-refractivity contribution in [1.29, 1.82) is 0 Å². The van der Waals surface area contributed by atoms with Gasteiger partial charge < -0.3 is 10.2 Å². The third kappa shape index (κ3) is 26.1. The summed E-state index contributed by atoms with van der Waals surface area (Å²) in [5.74, 6) is 0. The van der Waals surface area contributed by atoms with Gasteiger partial charge in [-0.15, -0.1) is 0 Å². The van der Waals surface area contributed by atoms with Gasteiger partial charge in [0.25, 0.3) is 0 Å². The lowest BCUT2D eigenvalue weighted by molar-refractivity contribution is -0.576. The molecule has 0 aliphatic heterocycles. The molecule has 0 aliphatic rings. The van der Waals surface area contributed by atoms with Gasteiger partial charge in [0.1, 0.15) is 13.2 Å². The fraction of sp³-hybridized carbons (Fsp3) is 1.00. The Kier molecular flexibility index (Phi) is 32.3. The molecule has 2 N–H and O–H groups in total. The second-order valence-electron chi connectivity index (χ2n) is 12.1. The van der Waals surface area contributed by atoms with Crippen LogP contribution in [0.2, 0.25) is 0 Å². The molecule has 0 aromatic carbocycles. The summed E-state index contributed by atoms with van der Waals surface area (Å²) in [5.41, 5.74) is -1.08. The Balaban J connectivity index is 0. The standard InChI is InChI=1S/C19H39NO3.C14H29NO3/c1-2-3-4-5-6-7-8-9-10-11-12-13-14-15-16-17-19(18-21)20(22)23;1-3-5-7-8-10-12-14(13-16,15(17)18)11-9-6-4-2/h19,21H,2-18H2,1H3;16H,3-13H2,1-2H3. The van der Waals surface area contributed by atoms with Crippen molar-refractivity contribution in [2.75, 3.05) is 13.2 Å². The number of nitrogens with zero attached hydrogens (tertiary/aromatic N) is 2. The molecule has 0 aromatic heterocycles. The first-order valence-corrected chi connectivity index (χ1v) is 17.3. The van der Waals surface area contributed by atoms with Crippen LogP contribution in [0.5, 0.6) is 0 Å². The zero-order valence-corrected chi connectivity index (χ0v) is 27.3. The Morgan fingerprint density at radius 2 is 0.854 bits per heavy atom. The molecule has 0 heterocycles. The van der Waals surface area contributed by atoms with Crippen LogP contribution in [0.3, 0.4) is 0 Å². The highest BCUT2D eigenvalue weighted by atomic mass is 16.6. The Morgan fingerprint density at radius 1 is 0.537 bits per heavy atom. The fourth-order valence-corrected chi connectivity index (χ4v) is 5.30. The number of nitro groups is 2. The van der Waals surface area contributed by atoms with E-state index in [1.807, 2.05) is 0 Å². The number of hydrogen-bond acceptors (Lipinski definition) is 6. The summed E-state index contributed by atoms with van der Waals surface area (Å²) in [5, 5.41) is 40.0. The van der Waals surface area contributed by atoms with Gasteiger partial charge in [0.2, 0.25) is 11.6 Å². The molecule has 0 bridgehead atoms. The highest BCUT2D eigenvalue weighted by Crippen LogP contribution is 2.26. The summed E-state index contributed by atoms with van der Waals surface area (Å²) in [6.07, 6.45) is 29.4. The molecule has 0 amide bonds. The first-order chi connectivity index (χ1) is 19.8. The van der Waals surface area contributed by atoms with Crippen LogP contribution < -0.4 is 0 Å². The average molecular weight is 589 g/mol. The zero-order chi connectivity index (χ0) is 31.0. The van der Waals surface area contributed by atoms with Crippen LogP contribution in [0.4, 0.5) is 0 Å². The lowest BCUT2D eigenvalue weighted by Crippen LogP contribution is -2.42. The van der Waals surface area contributed by atoms with Gasteiger partial charge in [-0.05, 0) is 19.3 Å². The van der Waals surface area contributed by atoms with Gasteiger partial charge >= 0.3 is 0 Å². The van der Waals surface area contributed by atoms with Gasteiger partial charge in [-0.25, -0.2) is 0 Å². The van der Waals surface area contributed by atoms with Crippen LogP contribution in [-0.4, -0.2) is 44.9 Å². The molecular formula is C33H68N2O6. The molecule has 2 atom stereocenters. The maximum atomic E-state index is 11.2. The normalized spacial score (nSPS) is 13.3. The van der Waals surface area contributed by atoms with Crippen LogP contribution in [0.25, 0.3) is 0 Å². The first-order valence-electron chi connectivity index (χ1n) is 17.3. The largest absolute Gasteiger partial charge is 0.389 e. The van der Waals surface area contributed by atoms with E-state index in [0.717, 1.165) is 51.4 Å². The molecule has 0 rings (SSSR count). The Hall–Kier alpha value is -1.28. The van der Waals surface area contributed by atoms with Crippen molar-refractivity contribution in [3.63, 3.8) is 0 Å². The fourth-order valence-electron chi connectivity index (χ4n) is 5.30. The summed E-state index contributed by atoms with van der Waals surface area (Å²) in [6, 6.07) is -0.753. The van der Waals surface area contributed by atoms with Gasteiger partial charge in [-0.1, -0.05) is 149 Å². The Labute approximate surface area is 252 Å². The lowest BCUT2D eigenvalue weighted by Gasteiger charge is -2.23. The van der Waals surface area contributed by atoms with E-state index in [-0.39, 0.29) is 23.1 Å². The molecule has 0 spiro atoms. The summed E-state index contributed by atoms with van der Waals surface area (Å²) in [4.78, 5) is 21.2. The maximum Gasteiger partial charge on any atom is 0.244 e. The highest BCUT2D eigenvalue weighted by Gasteiger charge is 2.40. The molecule has 8 nitrogen and oxygen atoms in total. The number of unbranched alkanes of at least 4 members (excludes halogenated alkanes) is 20. The van der Waals surface area contributed by atoms with E-state index in [4.69, 9.17) is 5.11 Å². The third-order valence-electron chi connectivity index (χ3n) is 8.32. The van der Waals surface area contributed by atoms with Crippen molar-refractivity contribution < 1.29 is 20.1 Å². The molecule has 0 saturated heterocycles. The van der Waals surface area contributed by atoms with Crippen molar-refractivity contribution in [3.05, 3.63) is 20.2 Å². The minimum absolute atomic E-state index is 0.248. The predicted molar refractivity (Wildman–Crippen MR) is 172 cm³/mol. The van der Waals surface area contributed by atoms with Gasteiger partial charge in [0.05, 0.1) is 0 Å². The van der Waals surface area contributed by atoms with Gasteiger partial charge in [0.15, 0.2) is 0 Å². The molecule has 246 valence electrons. The van der Waals surface area contributed by atoms with E-state index in [1.165, 1.54) is 96.3 Å². The molecule has 0 aliphatic carbocycles. The summed E-state index contributed by atoms with van der Waals surface area (Å²) >= 11 is 0. The second-order valence-corrected chi connectivity index (χ2v) is 12.1. The van der Waals surface area contributed by atoms with Crippen LogP contribution in [0.15, 0.2) is 0 Å². The molecule has 0 saturated carbocycles. The van der Waals surface area contributed by atoms with Crippen molar-refractivity contribution in [2.45, 2.75) is 199 Å². The predicted octanol–water partition coefficient (Wildman–Crippen LogP) is 9.82. The smallest absolute Gasteiger partial charge is 0.244 e. The van der Waals surface area contributed by atoms with Crippen molar-refractivity contribution in [2.24, 2.45) is 0 Å². The van der Waals surface area contributed by atoms with Gasteiger partial charge in [-0.2, -0.15) is 0 Å². The van der Waals surface area contributed by atoms with E-state index in [2.05, 4.69) is 20.8 Å². The Morgan fingerprint density at radius 3 is 1.17 bits per heavy atom. The van der Waals surface area contributed by atoms with Crippen LogP contribution in [0, 0.1) is 20.2 Å². The molecular weight excluding hydrogens is 520 g/mol. The molecule has 0 fully saturated rings. The minimum atomic E-state index is -1.08. The van der Waals surface area contributed by atoms with Crippen LogP contribution >= 0.6 is 0 Å². The summed E-state index contributed by atoms with van der Waals surface area (Å²) in [6.45, 7) is 5.85. The zero-order valence-electron chi connectivity index (χ0n) is 27.3. The summed E-state index contributed by atoms with van der Waals surface area (Å²) < 4.78 is 0. The van der Waals surface area contributed by atoms with Gasteiger partial charge in [0, 0.05) is 29.1 Å². The molecule has 8 heteroatoms. The third-order valence-corrected chi connectivity index (χ3v) is 8.32. The first kappa shape index (κ1) is 41.9. The summed E-state index contributed by atoms with van der Waals surface area (Å²) in [7, 11) is 0. The number of hydrogen-bond donors (Lipinski definition) is 2. The van der Waals surface area contributed by atoms with Crippen molar-refractivity contribution in [3.8, 4) is 0 Å². The number of rotatable bonds is 30. The van der Waals surface area contributed by atoms with Gasteiger partial charge in [-0.3, -0.25) is 20.2 Å². The quantitative estimate of drug-likeness (QED) is 0.0488. The number of aliphatic hydroxyl groups is 2. The van der Waals surface area contributed by atoms with E-state index in [9.17, 15) is 25.3 Å². The van der Waals surface area contributed by atoms with Crippen LogP contribution in [-0.2, 0) is 0 Å². The number of aliphatic hydroxyl groups excluding tert-OH is 2. The topological polar surface area (TPSA) is 127 Å². The van der Waals surface area contributed by atoms with Crippen molar-refractivity contribution in [1.82, 2.24) is 0 Å². The van der Waals surface area contributed by atoms with E-state index in [0.29, 0.717) is 19.3 Å². The van der Waals surface area contributed by atoms with Crippen LogP contribution in [0.1, 0.15) is 188 Å². The molecule has 0 radical (unpaired) electrons. The average Bonchev–Trinajstić information content (AvgIpc) is 2.96. The SMILES string of the molecule is CCCCCCCC(CO)(CCCCC)[N+](=O)[O-].CCCCCCCCCCCCCCCCCC(CO)[N+](=O)[O-]. The monoisotopic (exact) mass is 589 g/mol. The second kappa shape index (κ2) is 31.7. The van der Waals surface area contributed by atoms with Crippen molar-refractivity contribution >= 4 is 0 Å². The van der Waals surface area contributed by atoms with E-state index < -0.39 is 11.6 Å². The highest BCUT2D eigenvalue weighted by molar-refractivity contribution is 4.78. The molecule has 2 unspecified atom stereocenters. The Bertz CT molecular complexity index is 578. The van der Waals surface area contributed by atoms with E-state index >= 15 is 0 Å². The maximum absolute atomic E-state index is 11.2. The van der Waals surface area contributed by atoms with E-state index in [1.54, 1.807) is 0 Å². The molecule has 41 heavy (non-hydrogen) atoms. The lowest BCUT2D eigenvalue weighted by atomic mass is 9.88. The molecule has 0 aromatic rings.